The number of nitrogens with zero attached hydrogens (tertiary/aromatic N) is 2. The number of nitrogens with one attached hydrogen (secondary N) is 1. The van der Waals surface area contributed by atoms with Gasteiger partial charge in [-0.05, 0) is 56.5 Å². The van der Waals surface area contributed by atoms with Crippen molar-refractivity contribution in [3.63, 3.8) is 0 Å². The molecule has 0 heterocycles. The second-order valence-electron chi connectivity index (χ2n) is 6.37. The Morgan fingerprint density at radius 3 is 2.52 bits per heavy atom. The zero-order valence-electron chi connectivity index (χ0n) is 15.5. The van der Waals surface area contributed by atoms with E-state index in [4.69, 9.17) is 0 Å². The van der Waals surface area contributed by atoms with Gasteiger partial charge in [0, 0.05) is 29.8 Å². The van der Waals surface area contributed by atoms with Crippen LogP contribution < -0.4 is 5.43 Å². The number of rotatable bonds is 5. The summed E-state index contributed by atoms with van der Waals surface area (Å²) in [4.78, 5) is 26.6. The third-order valence-electron chi connectivity index (χ3n) is 4.76. The maximum atomic E-state index is 12.5. The first-order chi connectivity index (χ1) is 13.0. The number of aryl methyl sites for hydroxylation is 1. The van der Waals surface area contributed by atoms with Gasteiger partial charge >= 0.3 is 0 Å². The molecule has 140 valence electrons. The highest BCUT2D eigenvalue weighted by atomic mass is 16.3. The van der Waals surface area contributed by atoms with E-state index in [2.05, 4.69) is 10.5 Å². The molecule has 0 unspecified atom stereocenters. The van der Waals surface area contributed by atoms with Gasteiger partial charge in [-0.3, -0.25) is 9.59 Å². The number of fused-ring (bicyclic) bond motifs is 1. The molecular weight excluding hydrogens is 342 g/mol. The van der Waals surface area contributed by atoms with Gasteiger partial charge in [0.1, 0.15) is 5.75 Å². The number of hydrazone groups is 1. The summed E-state index contributed by atoms with van der Waals surface area (Å²) >= 11 is 0. The van der Waals surface area contributed by atoms with Crippen molar-refractivity contribution in [3.8, 4) is 5.75 Å². The van der Waals surface area contributed by atoms with Crippen LogP contribution in [-0.2, 0) is 6.42 Å². The summed E-state index contributed by atoms with van der Waals surface area (Å²) in [6.07, 6.45) is 1.44. The molecule has 0 aliphatic heterocycles. The van der Waals surface area contributed by atoms with Crippen LogP contribution in [0.25, 0.3) is 0 Å². The molecule has 0 bridgehead atoms. The summed E-state index contributed by atoms with van der Waals surface area (Å²) in [6, 6.07) is 12.0. The van der Waals surface area contributed by atoms with Gasteiger partial charge < -0.3 is 10.0 Å². The van der Waals surface area contributed by atoms with E-state index in [9.17, 15) is 14.7 Å². The fourth-order valence-corrected chi connectivity index (χ4v) is 3.29. The van der Waals surface area contributed by atoms with E-state index in [0.717, 1.165) is 12.0 Å². The van der Waals surface area contributed by atoms with Crippen molar-refractivity contribution in [2.24, 2.45) is 5.10 Å². The Bertz CT molecular complexity index is 901. The number of carbonyl (C=O) groups excluding carboxylic acids is 2. The lowest BCUT2D eigenvalue weighted by atomic mass is 10.1. The fraction of sp³-hybridized carbons (Fsp3) is 0.286. The minimum Gasteiger partial charge on any atom is -0.507 e. The minimum absolute atomic E-state index is 0.101. The van der Waals surface area contributed by atoms with Gasteiger partial charge in [0.15, 0.2) is 0 Å². The maximum absolute atomic E-state index is 12.5. The van der Waals surface area contributed by atoms with E-state index < -0.39 is 0 Å². The number of hydrogen-bond donors (Lipinski definition) is 2. The molecule has 27 heavy (non-hydrogen) atoms. The van der Waals surface area contributed by atoms with Crippen LogP contribution in [0, 0.1) is 0 Å². The smallest absolute Gasteiger partial charge is 0.271 e. The largest absolute Gasteiger partial charge is 0.507 e. The van der Waals surface area contributed by atoms with E-state index in [-0.39, 0.29) is 17.6 Å². The van der Waals surface area contributed by atoms with Crippen LogP contribution in [0.2, 0.25) is 0 Å². The maximum Gasteiger partial charge on any atom is 0.271 e. The molecule has 2 amide bonds. The van der Waals surface area contributed by atoms with Crippen molar-refractivity contribution in [3.05, 3.63) is 64.7 Å². The molecule has 6 nitrogen and oxygen atoms in total. The molecule has 0 saturated heterocycles. The van der Waals surface area contributed by atoms with Crippen LogP contribution in [-0.4, -0.2) is 40.6 Å². The Labute approximate surface area is 158 Å². The average Bonchev–Trinajstić information content (AvgIpc) is 3.11. The third kappa shape index (κ3) is 3.84. The number of phenolic OH excluding ortho intramolecular Hbond substituents is 1. The number of amides is 2. The lowest BCUT2D eigenvalue weighted by molar-refractivity contribution is 0.0773. The number of carbonyl (C=O) groups is 2. The molecule has 2 aromatic rings. The molecule has 6 heteroatoms. The van der Waals surface area contributed by atoms with Crippen molar-refractivity contribution < 1.29 is 14.7 Å². The fourth-order valence-electron chi connectivity index (χ4n) is 3.29. The molecule has 0 atom stereocenters. The van der Waals surface area contributed by atoms with Crippen LogP contribution in [0.1, 0.15) is 52.1 Å². The Kier molecular flexibility index (Phi) is 5.54. The standard InChI is InChI=1S/C21H23N3O3/c1-3-24(4-2)21(27)16-9-5-8-15(13-16)20(26)23-22-17-12-11-14-7-6-10-18(25)19(14)17/h5-10,13,25H,3-4,11-12H2,1-2H3,(H,23,26)/b22-17+. The summed E-state index contributed by atoms with van der Waals surface area (Å²) in [6.45, 7) is 5.07. The zero-order valence-corrected chi connectivity index (χ0v) is 15.5. The Hall–Kier alpha value is -3.15. The van der Waals surface area contributed by atoms with Crippen molar-refractivity contribution in [1.29, 1.82) is 0 Å². The summed E-state index contributed by atoms with van der Waals surface area (Å²) in [5.41, 5.74) is 5.77. The number of hydrogen-bond acceptors (Lipinski definition) is 4. The zero-order chi connectivity index (χ0) is 19.4. The van der Waals surface area contributed by atoms with Crippen LogP contribution in [0.15, 0.2) is 47.6 Å². The van der Waals surface area contributed by atoms with Gasteiger partial charge in [-0.2, -0.15) is 5.10 Å². The quantitative estimate of drug-likeness (QED) is 0.799. The van der Waals surface area contributed by atoms with Gasteiger partial charge in [-0.25, -0.2) is 5.43 Å². The Balaban J connectivity index is 1.77. The van der Waals surface area contributed by atoms with E-state index in [1.807, 2.05) is 19.9 Å². The molecule has 1 aliphatic carbocycles. The van der Waals surface area contributed by atoms with E-state index in [1.54, 1.807) is 41.3 Å². The SMILES string of the molecule is CCN(CC)C(=O)c1cccc(C(=O)N/N=C2\CCc3cccc(O)c32)c1. The molecule has 2 aromatic carbocycles. The number of phenols is 1. The summed E-state index contributed by atoms with van der Waals surface area (Å²) in [5, 5.41) is 14.2. The Morgan fingerprint density at radius 1 is 1.07 bits per heavy atom. The summed E-state index contributed by atoms with van der Waals surface area (Å²) in [7, 11) is 0. The van der Waals surface area contributed by atoms with Gasteiger partial charge in [-0.1, -0.05) is 18.2 Å². The minimum atomic E-state index is -0.388. The molecule has 0 saturated carbocycles. The molecule has 0 fully saturated rings. The normalized spacial score (nSPS) is 14.1. The first-order valence-electron chi connectivity index (χ1n) is 9.12. The molecule has 0 spiro atoms. The van der Waals surface area contributed by atoms with Crippen LogP contribution >= 0.6 is 0 Å². The highest BCUT2D eigenvalue weighted by molar-refractivity contribution is 6.07. The van der Waals surface area contributed by atoms with Crippen molar-refractivity contribution in [2.45, 2.75) is 26.7 Å². The first-order valence-corrected chi connectivity index (χ1v) is 9.12. The topological polar surface area (TPSA) is 82.0 Å². The van der Waals surface area contributed by atoms with Crippen molar-refractivity contribution in [2.75, 3.05) is 13.1 Å². The van der Waals surface area contributed by atoms with Crippen LogP contribution in [0.3, 0.4) is 0 Å². The molecule has 0 aromatic heterocycles. The molecular formula is C21H23N3O3. The lowest BCUT2D eigenvalue weighted by Crippen LogP contribution is -2.30. The van der Waals surface area contributed by atoms with E-state index in [1.165, 1.54) is 0 Å². The lowest BCUT2D eigenvalue weighted by Gasteiger charge is -2.18. The second kappa shape index (κ2) is 8.03. The monoisotopic (exact) mass is 365 g/mol. The van der Waals surface area contributed by atoms with Crippen molar-refractivity contribution in [1.82, 2.24) is 10.3 Å². The third-order valence-corrected chi connectivity index (χ3v) is 4.76. The van der Waals surface area contributed by atoms with E-state index in [0.29, 0.717) is 41.9 Å². The van der Waals surface area contributed by atoms with Gasteiger partial charge in [0.25, 0.3) is 11.8 Å². The van der Waals surface area contributed by atoms with Crippen LogP contribution in [0.4, 0.5) is 0 Å². The van der Waals surface area contributed by atoms with Crippen LogP contribution in [0.5, 0.6) is 5.75 Å². The van der Waals surface area contributed by atoms with Gasteiger partial charge in [0.05, 0.1) is 5.71 Å². The average molecular weight is 365 g/mol. The van der Waals surface area contributed by atoms with E-state index >= 15 is 0 Å². The Morgan fingerprint density at radius 2 is 1.78 bits per heavy atom. The summed E-state index contributed by atoms with van der Waals surface area (Å²) < 4.78 is 0. The first kappa shape index (κ1) is 18.6. The number of benzene rings is 2. The van der Waals surface area contributed by atoms with Gasteiger partial charge in [0.2, 0.25) is 0 Å². The molecule has 0 radical (unpaired) electrons. The predicted octanol–water partition coefficient (Wildman–Crippen LogP) is 2.95. The summed E-state index contributed by atoms with van der Waals surface area (Å²) in [5.74, 6) is -0.319. The predicted molar refractivity (Wildman–Crippen MR) is 104 cm³/mol. The molecule has 1 aliphatic rings. The molecule has 3 rings (SSSR count). The highest BCUT2D eigenvalue weighted by Gasteiger charge is 2.21. The number of aromatic hydroxyl groups is 1. The second-order valence-corrected chi connectivity index (χ2v) is 6.37. The van der Waals surface area contributed by atoms with Gasteiger partial charge in [-0.15, -0.1) is 0 Å². The van der Waals surface area contributed by atoms with Crippen molar-refractivity contribution >= 4 is 17.5 Å². The highest BCUT2D eigenvalue weighted by Crippen LogP contribution is 2.29. The molecule has 2 N–H and O–H groups in total.